The molecule has 57 heavy (non-hydrogen) atoms. The minimum atomic E-state index is -4.59. The molecule has 4 fully saturated rings. The zero-order valence-electron chi connectivity index (χ0n) is 31.9. The van der Waals surface area contributed by atoms with Crippen LogP contribution in [0.15, 0.2) is 59.5 Å². The Kier molecular flexibility index (Phi) is 10.8. The Bertz CT molecular complexity index is 2380. The number of likely N-dealkylation sites (tertiary alicyclic amines) is 1. The number of nitrogens with one attached hydrogen (secondary N) is 3. The molecule has 2 aliphatic heterocycles. The van der Waals surface area contributed by atoms with Gasteiger partial charge in [-0.15, -0.1) is 0 Å². The SMILES string of the molecule is Cn1c(=O)n(C2CCC(=O)NC2=O)c2cccc(C3CCN(CC4CCCCC4)CC3)c21.O=C(Nc1cc2cn[nH]c2cc1C1CC1)c1cccc(C(F)(F)F)n1.[HH].[HH]. The van der Waals surface area contributed by atoms with E-state index in [0.29, 0.717) is 23.9 Å². The summed E-state index contributed by atoms with van der Waals surface area (Å²) < 4.78 is 41.6. The van der Waals surface area contributed by atoms with Crippen molar-refractivity contribution < 1.29 is 30.4 Å². The maximum atomic E-state index is 13.2. The third-order valence-corrected chi connectivity index (χ3v) is 12.1. The van der Waals surface area contributed by atoms with Crippen molar-refractivity contribution in [3.63, 3.8) is 0 Å². The Morgan fingerprint density at radius 2 is 1.65 bits per heavy atom. The quantitative estimate of drug-likeness (QED) is 0.144. The molecule has 9 rings (SSSR count). The van der Waals surface area contributed by atoms with Crippen LogP contribution in [0.25, 0.3) is 21.9 Å². The van der Waals surface area contributed by atoms with Crippen LogP contribution in [-0.4, -0.2) is 66.6 Å². The van der Waals surface area contributed by atoms with E-state index in [-0.39, 0.29) is 32.5 Å². The van der Waals surface area contributed by atoms with Gasteiger partial charge >= 0.3 is 11.9 Å². The number of carbonyl (C=O) groups excluding carboxylic acids is 3. The number of hydrogen-bond acceptors (Lipinski definition) is 7. The van der Waals surface area contributed by atoms with Crippen molar-refractivity contribution in [2.75, 3.05) is 25.0 Å². The molecule has 3 aromatic heterocycles. The fraction of sp³-hybridized carbons (Fsp3) is 0.476. The molecule has 3 amide bonds. The van der Waals surface area contributed by atoms with Gasteiger partial charge in [-0.1, -0.05) is 37.5 Å². The van der Waals surface area contributed by atoms with Crippen LogP contribution in [0, 0.1) is 5.92 Å². The maximum Gasteiger partial charge on any atom is 0.433 e. The highest BCUT2D eigenvalue weighted by Gasteiger charge is 2.35. The zero-order valence-corrected chi connectivity index (χ0v) is 31.9. The molecule has 1 unspecified atom stereocenters. The molecule has 1 atom stereocenters. The van der Waals surface area contributed by atoms with Gasteiger partial charge in [0, 0.05) is 33.9 Å². The number of imidazole rings is 1. The van der Waals surface area contributed by atoms with Crippen LogP contribution < -0.4 is 16.3 Å². The molecular formula is C42H51F3N8O4. The van der Waals surface area contributed by atoms with Crippen LogP contribution in [0.2, 0.25) is 0 Å². The lowest BCUT2D eigenvalue weighted by atomic mass is 9.86. The van der Waals surface area contributed by atoms with E-state index >= 15 is 0 Å². The van der Waals surface area contributed by atoms with Gasteiger partial charge in [0.2, 0.25) is 11.8 Å². The maximum absolute atomic E-state index is 13.2. The second kappa shape index (κ2) is 15.9. The van der Waals surface area contributed by atoms with Gasteiger partial charge in [-0.25, -0.2) is 9.78 Å². The van der Waals surface area contributed by atoms with Crippen LogP contribution >= 0.6 is 0 Å². The second-order valence-electron chi connectivity index (χ2n) is 16.0. The first-order valence-electron chi connectivity index (χ1n) is 20.0. The van der Waals surface area contributed by atoms with E-state index in [4.69, 9.17) is 0 Å². The molecule has 12 nitrogen and oxygen atoms in total. The molecule has 0 radical (unpaired) electrons. The summed E-state index contributed by atoms with van der Waals surface area (Å²) >= 11 is 0. The number of anilines is 1. The molecule has 2 aromatic carbocycles. The molecule has 2 aliphatic carbocycles. The lowest BCUT2D eigenvalue weighted by Crippen LogP contribution is -2.44. The average Bonchev–Trinajstić information content (AvgIpc) is 3.89. The van der Waals surface area contributed by atoms with Crippen LogP contribution in [0.1, 0.15) is 119 Å². The Hall–Kier alpha value is -5.31. The number of pyridine rings is 1. The fourth-order valence-electron chi connectivity index (χ4n) is 8.94. The van der Waals surface area contributed by atoms with Crippen LogP contribution in [-0.2, 0) is 22.8 Å². The van der Waals surface area contributed by atoms with Crippen molar-refractivity contribution in [3.8, 4) is 0 Å². The normalized spacial score (nSPS) is 20.0. The van der Waals surface area contributed by atoms with Gasteiger partial charge in [0.25, 0.3) is 5.91 Å². The van der Waals surface area contributed by atoms with E-state index in [1.165, 1.54) is 56.3 Å². The van der Waals surface area contributed by atoms with Crippen molar-refractivity contribution in [2.24, 2.45) is 13.0 Å². The van der Waals surface area contributed by atoms with Crippen molar-refractivity contribution in [1.29, 1.82) is 0 Å². The number of alkyl halides is 3. The molecule has 5 heterocycles. The van der Waals surface area contributed by atoms with Gasteiger partial charge < -0.3 is 10.2 Å². The minimum Gasteiger partial charge on any atom is -0.320 e. The minimum absolute atomic E-state index is 0. The number of hydrogen-bond donors (Lipinski definition) is 3. The van der Waals surface area contributed by atoms with Gasteiger partial charge in [0.05, 0.1) is 22.7 Å². The molecule has 304 valence electrons. The number of benzene rings is 2. The molecule has 15 heteroatoms. The standard InChI is InChI=1S/C25H34N4O3.C17H13F3N4O.2H2/c1-27-23-19(18-12-14-28(15-13-18)16-17-6-3-2-4-7-17)8-5-9-20(23)29(25(27)32)21-10-11-22(30)26-24(21)31;18-17(19,20)15-3-1-2-12(22-15)16(25)23-14-6-10-8-21-24-13(10)7-11(14)9-4-5-9;;/h5,8-9,17-18,21H,2-4,6-7,10-16H2,1H3,(H,26,30,31);1-3,6-9H,4-5H2,(H,21,24)(H,23,25);2*1H. The summed E-state index contributed by atoms with van der Waals surface area (Å²) in [7, 11) is 1.80. The zero-order chi connectivity index (χ0) is 39.8. The summed E-state index contributed by atoms with van der Waals surface area (Å²) in [5, 5.41) is 12.8. The number of para-hydroxylation sites is 1. The van der Waals surface area contributed by atoms with E-state index in [1.54, 1.807) is 28.4 Å². The topological polar surface area (TPSA) is 147 Å². The predicted molar refractivity (Wildman–Crippen MR) is 213 cm³/mol. The number of imide groups is 1. The summed E-state index contributed by atoms with van der Waals surface area (Å²) in [6, 6.07) is 12.4. The van der Waals surface area contributed by atoms with Crippen molar-refractivity contribution >= 4 is 45.3 Å². The fourth-order valence-corrected chi connectivity index (χ4v) is 8.94. The summed E-state index contributed by atoms with van der Waals surface area (Å²) in [5.41, 5.74) is 3.80. The Morgan fingerprint density at radius 3 is 2.37 bits per heavy atom. The third kappa shape index (κ3) is 8.25. The van der Waals surface area contributed by atoms with E-state index in [9.17, 15) is 32.3 Å². The monoisotopic (exact) mass is 788 g/mol. The second-order valence-corrected chi connectivity index (χ2v) is 16.0. The summed E-state index contributed by atoms with van der Waals surface area (Å²) in [5.74, 6) is 0.322. The van der Waals surface area contributed by atoms with Crippen LogP contribution in [0.5, 0.6) is 0 Å². The number of H-pyrrole nitrogens is 1. The van der Waals surface area contributed by atoms with Gasteiger partial charge in [0.15, 0.2) is 0 Å². The number of carbonyl (C=O) groups is 3. The Morgan fingerprint density at radius 1 is 0.912 bits per heavy atom. The summed E-state index contributed by atoms with van der Waals surface area (Å²) in [4.78, 5) is 55.7. The number of halogens is 3. The van der Waals surface area contributed by atoms with Crippen LogP contribution in [0.3, 0.4) is 0 Å². The lowest BCUT2D eigenvalue weighted by molar-refractivity contribution is -0.141. The molecule has 2 saturated heterocycles. The molecule has 0 bridgehead atoms. The van der Waals surface area contributed by atoms with Crippen LogP contribution in [0.4, 0.5) is 18.9 Å². The first-order chi connectivity index (χ1) is 27.4. The van der Waals surface area contributed by atoms with Crippen molar-refractivity contribution in [3.05, 3.63) is 87.7 Å². The van der Waals surface area contributed by atoms with Gasteiger partial charge in [0.1, 0.15) is 17.4 Å². The molecule has 2 saturated carbocycles. The first-order valence-corrected chi connectivity index (χ1v) is 20.0. The molecule has 3 N–H and O–H groups in total. The largest absolute Gasteiger partial charge is 0.433 e. The number of amides is 3. The number of nitrogens with zero attached hydrogens (tertiary/aromatic N) is 5. The third-order valence-electron chi connectivity index (χ3n) is 12.1. The molecule has 5 aromatic rings. The highest BCUT2D eigenvalue weighted by molar-refractivity contribution is 6.04. The van der Waals surface area contributed by atoms with Crippen molar-refractivity contribution in [1.82, 2.24) is 34.5 Å². The molecular weight excluding hydrogens is 738 g/mol. The van der Waals surface area contributed by atoms with E-state index < -0.39 is 23.8 Å². The van der Waals surface area contributed by atoms with E-state index in [0.717, 1.165) is 78.3 Å². The molecule has 4 aliphatic rings. The number of aryl methyl sites for hydroxylation is 1. The van der Waals surface area contributed by atoms with Gasteiger partial charge in [-0.05, 0) is 117 Å². The molecule has 0 spiro atoms. The number of aromatic amines is 1. The highest BCUT2D eigenvalue weighted by atomic mass is 19.4. The van der Waals surface area contributed by atoms with Crippen molar-refractivity contribution in [2.45, 2.75) is 94.7 Å². The lowest BCUT2D eigenvalue weighted by Gasteiger charge is -2.35. The highest BCUT2D eigenvalue weighted by Crippen LogP contribution is 2.45. The number of piperidine rings is 2. The summed E-state index contributed by atoms with van der Waals surface area (Å²) in [6.07, 6.45) is 8.86. The van der Waals surface area contributed by atoms with E-state index in [2.05, 4.69) is 36.8 Å². The van der Waals surface area contributed by atoms with E-state index in [1.807, 2.05) is 18.2 Å². The average molecular weight is 789 g/mol. The van der Waals surface area contributed by atoms with Gasteiger partial charge in [-0.3, -0.25) is 33.9 Å². The number of aromatic nitrogens is 5. The smallest absolute Gasteiger partial charge is 0.320 e. The van der Waals surface area contributed by atoms with Gasteiger partial charge in [-0.2, -0.15) is 18.3 Å². The Labute approximate surface area is 330 Å². The number of fused-ring (bicyclic) bond motifs is 2. The predicted octanol–water partition coefficient (Wildman–Crippen LogP) is 7.68. The first kappa shape index (κ1) is 38.6. The number of rotatable bonds is 7. The summed E-state index contributed by atoms with van der Waals surface area (Å²) in [6.45, 7) is 3.46. The Balaban J connectivity index is 0.000000197.